The fraction of sp³-hybridized carbons (Fsp3) is 0.920. The van der Waals surface area contributed by atoms with Crippen LogP contribution < -0.4 is 5.32 Å². The van der Waals surface area contributed by atoms with Crippen LogP contribution in [0, 0.1) is 5.92 Å². The van der Waals surface area contributed by atoms with Gasteiger partial charge in [-0.15, -0.1) is 0 Å². The summed E-state index contributed by atoms with van der Waals surface area (Å²) >= 11 is 0. The molecule has 4 nitrogen and oxygen atoms in total. The molecule has 0 spiro atoms. The second-order valence-corrected chi connectivity index (χ2v) is 9.03. The number of nitrogens with one attached hydrogen (secondary N) is 1. The molecule has 0 aromatic rings. The zero-order chi connectivity index (χ0) is 21.7. The van der Waals surface area contributed by atoms with E-state index in [1.54, 1.807) is 0 Å². The minimum atomic E-state index is -0.948. The zero-order valence-corrected chi connectivity index (χ0v) is 19.6. The lowest BCUT2D eigenvalue weighted by Crippen LogP contribution is -2.44. The molecule has 4 heteroatoms. The third-order valence-electron chi connectivity index (χ3n) is 5.76. The molecule has 1 atom stereocenters. The number of carbonyl (C=O) groups excluding carboxylic acids is 1. The first kappa shape index (κ1) is 27.9. The van der Waals surface area contributed by atoms with Crippen LogP contribution in [0.4, 0.5) is 0 Å². The molecule has 0 unspecified atom stereocenters. The molecule has 0 aliphatic rings. The highest BCUT2D eigenvalue weighted by atomic mass is 16.4. The molecule has 0 saturated carbocycles. The summed E-state index contributed by atoms with van der Waals surface area (Å²) < 4.78 is 0. The van der Waals surface area contributed by atoms with Crippen LogP contribution in [0.15, 0.2) is 0 Å². The maximum absolute atomic E-state index is 11.8. The van der Waals surface area contributed by atoms with Crippen LogP contribution in [-0.4, -0.2) is 23.0 Å². The van der Waals surface area contributed by atoms with Crippen molar-refractivity contribution in [1.82, 2.24) is 5.32 Å². The van der Waals surface area contributed by atoms with Gasteiger partial charge in [0, 0.05) is 6.42 Å². The highest BCUT2D eigenvalue weighted by Gasteiger charge is 2.22. The van der Waals surface area contributed by atoms with Gasteiger partial charge in [-0.3, -0.25) is 4.79 Å². The fourth-order valence-electron chi connectivity index (χ4n) is 3.77. The first-order chi connectivity index (χ1) is 14.0. The topological polar surface area (TPSA) is 66.4 Å². The molecule has 172 valence electrons. The minimum absolute atomic E-state index is 0.0907. The van der Waals surface area contributed by atoms with Gasteiger partial charge in [0.15, 0.2) is 0 Å². The van der Waals surface area contributed by atoms with Gasteiger partial charge in [-0.25, -0.2) is 4.79 Å². The van der Waals surface area contributed by atoms with Gasteiger partial charge in [0.2, 0.25) is 5.91 Å². The average Bonchev–Trinajstić information content (AvgIpc) is 2.68. The second kappa shape index (κ2) is 20.2. The Hall–Kier alpha value is -1.06. The van der Waals surface area contributed by atoms with E-state index in [9.17, 15) is 9.59 Å². The van der Waals surface area contributed by atoms with Crippen molar-refractivity contribution in [3.63, 3.8) is 0 Å². The lowest BCUT2D eigenvalue weighted by molar-refractivity contribution is -0.143. The highest BCUT2D eigenvalue weighted by Crippen LogP contribution is 2.14. The number of carbonyl (C=O) groups is 2. The van der Waals surface area contributed by atoms with Gasteiger partial charge in [0.25, 0.3) is 0 Å². The summed E-state index contributed by atoms with van der Waals surface area (Å²) in [5.41, 5.74) is 0. The number of hydrogen-bond donors (Lipinski definition) is 2. The maximum Gasteiger partial charge on any atom is 0.326 e. The first-order valence-electron chi connectivity index (χ1n) is 12.5. The van der Waals surface area contributed by atoms with Crippen LogP contribution in [0.3, 0.4) is 0 Å². The van der Waals surface area contributed by atoms with Crippen LogP contribution in [0.1, 0.15) is 136 Å². The van der Waals surface area contributed by atoms with Gasteiger partial charge < -0.3 is 10.4 Å². The van der Waals surface area contributed by atoms with Gasteiger partial charge in [0.05, 0.1) is 0 Å². The van der Waals surface area contributed by atoms with E-state index < -0.39 is 12.0 Å². The molecule has 0 aliphatic carbocycles. The second-order valence-electron chi connectivity index (χ2n) is 9.03. The summed E-state index contributed by atoms with van der Waals surface area (Å²) in [7, 11) is 0. The van der Waals surface area contributed by atoms with Crippen LogP contribution in [-0.2, 0) is 9.59 Å². The van der Waals surface area contributed by atoms with Crippen molar-refractivity contribution in [1.29, 1.82) is 0 Å². The van der Waals surface area contributed by atoms with Crippen molar-refractivity contribution < 1.29 is 14.7 Å². The van der Waals surface area contributed by atoms with Crippen molar-refractivity contribution in [2.45, 2.75) is 142 Å². The Morgan fingerprint density at radius 2 is 1.00 bits per heavy atom. The Morgan fingerprint density at radius 1 is 0.655 bits per heavy atom. The molecular formula is C25H49NO3. The number of carboxylic acids is 1. The smallest absolute Gasteiger partial charge is 0.326 e. The summed E-state index contributed by atoms with van der Waals surface area (Å²) in [6.07, 6.45) is 22.9. The Bertz CT molecular complexity index is 396. The lowest BCUT2D eigenvalue weighted by Gasteiger charge is -2.17. The molecule has 0 rings (SSSR count). The molecule has 0 aromatic carbocycles. The standard InChI is InChI=1S/C25H49NO3/c1-4-5-6-7-8-9-10-11-12-13-14-15-16-17-18-19-20-21-23(27)26-24(22(2)3)25(28)29/h22,24H,4-21H2,1-3H3,(H,26,27)(H,28,29)/t24-/m0/s1. The molecule has 0 fully saturated rings. The third-order valence-corrected chi connectivity index (χ3v) is 5.76. The first-order valence-corrected chi connectivity index (χ1v) is 12.5. The SMILES string of the molecule is CCCCCCCCCCCCCCCCCCCC(=O)N[C@H](C(=O)O)C(C)C. The Morgan fingerprint density at radius 3 is 1.31 bits per heavy atom. The van der Waals surface area contributed by atoms with Crippen molar-refractivity contribution >= 4 is 11.9 Å². The van der Waals surface area contributed by atoms with Gasteiger partial charge >= 0.3 is 5.97 Å². The fourth-order valence-corrected chi connectivity index (χ4v) is 3.77. The summed E-state index contributed by atoms with van der Waals surface area (Å²) in [6, 6.07) is -0.770. The van der Waals surface area contributed by atoms with Gasteiger partial charge in [0.1, 0.15) is 6.04 Å². The van der Waals surface area contributed by atoms with E-state index in [0.717, 1.165) is 12.8 Å². The lowest BCUT2D eigenvalue weighted by atomic mass is 10.0. The van der Waals surface area contributed by atoms with Crippen LogP contribution in [0.25, 0.3) is 0 Å². The largest absolute Gasteiger partial charge is 0.480 e. The minimum Gasteiger partial charge on any atom is -0.480 e. The molecule has 0 radical (unpaired) electrons. The monoisotopic (exact) mass is 411 g/mol. The van der Waals surface area contributed by atoms with Crippen LogP contribution in [0.2, 0.25) is 0 Å². The number of aliphatic carboxylic acids is 1. The van der Waals surface area contributed by atoms with Crippen molar-refractivity contribution in [2.75, 3.05) is 0 Å². The Balaban J connectivity index is 3.31. The summed E-state index contributed by atoms with van der Waals surface area (Å²) in [6.45, 7) is 5.90. The molecule has 0 saturated heterocycles. The maximum atomic E-state index is 11.8. The van der Waals surface area contributed by atoms with E-state index in [0.29, 0.717) is 6.42 Å². The predicted molar refractivity (Wildman–Crippen MR) is 123 cm³/mol. The number of unbranched alkanes of at least 4 members (excludes halogenated alkanes) is 16. The molecule has 0 aliphatic heterocycles. The van der Waals surface area contributed by atoms with Gasteiger partial charge in [-0.2, -0.15) is 0 Å². The Kier molecular flexibility index (Phi) is 19.5. The van der Waals surface area contributed by atoms with E-state index in [1.807, 2.05) is 13.8 Å². The van der Waals surface area contributed by atoms with Crippen molar-refractivity contribution in [3.05, 3.63) is 0 Å². The van der Waals surface area contributed by atoms with Gasteiger partial charge in [-0.05, 0) is 12.3 Å². The van der Waals surface area contributed by atoms with E-state index in [-0.39, 0.29) is 11.8 Å². The number of hydrogen-bond acceptors (Lipinski definition) is 2. The van der Waals surface area contributed by atoms with E-state index >= 15 is 0 Å². The normalized spacial score (nSPS) is 12.3. The third kappa shape index (κ3) is 18.7. The molecule has 1 amide bonds. The quantitative estimate of drug-likeness (QED) is 0.195. The van der Waals surface area contributed by atoms with Crippen LogP contribution in [0.5, 0.6) is 0 Å². The number of rotatable bonds is 21. The predicted octanol–water partition coefficient (Wildman–Crippen LogP) is 7.25. The van der Waals surface area contributed by atoms with Crippen molar-refractivity contribution in [2.24, 2.45) is 5.92 Å². The zero-order valence-electron chi connectivity index (χ0n) is 19.6. The molecular weight excluding hydrogens is 362 g/mol. The molecule has 2 N–H and O–H groups in total. The summed E-state index contributed by atoms with van der Waals surface area (Å²) in [5, 5.41) is 11.7. The highest BCUT2D eigenvalue weighted by molar-refractivity contribution is 5.83. The Labute approximate surface area is 180 Å². The molecule has 29 heavy (non-hydrogen) atoms. The molecule has 0 aromatic heterocycles. The van der Waals surface area contributed by atoms with Crippen LogP contribution >= 0.6 is 0 Å². The summed E-state index contributed by atoms with van der Waals surface area (Å²) in [4.78, 5) is 22.9. The number of carboxylic acid groups (broad SMARTS) is 1. The molecule has 0 heterocycles. The van der Waals surface area contributed by atoms with Crippen molar-refractivity contribution in [3.8, 4) is 0 Å². The van der Waals surface area contributed by atoms with E-state index in [4.69, 9.17) is 5.11 Å². The summed E-state index contributed by atoms with van der Waals surface area (Å²) in [5.74, 6) is -1.17. The molecule has 0 bridgehead atoms. The van der Waals surface area contributed by atoms with E-state index in [2.05, 4.69) is 12.2 Å². The number of amides is 1. The average molecular weight is 412 g/mol. The van der Waals surface area contributed by atoms with E-state index in [1.165, 1.54) is 96.3 Å². The van der Waals surface area contributed by atoms with Gasteiger partial charge in [-0.1, -0.05) is 124 Å².